The van der Waals surface area contributed by atoms with E-state index < -0.39 is 0 Å². The first-order chi connectivity index (χ1) is 25.7. The Morgan fingerprint density at radius 3 is 1.75 bits per heavy atom. The number of hydrogen-bond acceptors (Lipinski definition) is 1. The lowest BCUT2D eigenvalue weighted by atomic mass is 9.90. The van der Waals surface area contributed by atoms with E-state index in [4.69, 9.17) is 0 Å². The van der Waals surface area contributed by atoms with E-state index in [1.807, 2.05) is 0 Å². The van der Waals surface area contributed by atoms with Gasteiger partial charge >= 0.3 is 0 Å². The summed E-state index contributed by atoms with van der Waals surface area (Å²) in [6.45, 7) is 9.05. The van der Waals surface area contributed by atoms with E-state index >= 15 is 0 Å². The Balaban J connectivity index is 1.39. The van der Waals surface area contributed by atoms with Gasteiger partial charge in [0.2, 0.25) is 0 Å². The van der Waals surface area contributed by atoms with Gasteiger partial charge < -0.3 is 9.47 Å². The highest BCUT2D eigenvalue weighted by atomic mass is 15.1. The van der Waals surface area contributed by atoms with Gasteiger partial charge in [-0.15, -0.1) is 0 Å². The standard InChI is InChI=1S/C50H40N2/c1-4-34(3)49(35-19-8-6-9-20-35)45(5-2)52-46-29-17-16-26-41(46)42-32-31-37(33-48(42)52)51(36-21-10-7-11-22-36)47-30-18-28-44-40-24-13-12-23-38(40)39-25-14-15-27-43(39)50(44)47/h5-34H,2,4H2,1,3H3/b49-45-. The first-order valence-corrected chi connectivity index (χ1v) is 18.3. The second kappa shape index (κ2) is 13.1. The van der Waals surface area contributed by atoms with E-state index in [0.29, 0.717) is 5.92 Å². The topological polar surface area (TPSA) is 8.17 Å². The number of rotatable bonds is 8. The Kier molecular flexibility index (Phi) is 7.94. The molecule has 0 aliphatic carbocycles. The number of benzene rings is 8. The van der Waals surface area contributed by atoms with Crippen LogP contribution in [0.25, 0.3) is 65.4 Å². The van der Waals surface area contributed by atoms with Gasteiger partial charge in [-0.25, -0.2) is 0 Å². The van der Waals surface area contributed by atoms with Gasteiger partial charge in [-0.05, 0) is 92.9 Å². The molecule has 0 fully saturated rings. The van der Waals surface area contributed by atoms with Crippen molar-refractivity contribution in [3.63, 3.8) is 0 Å². The SMILES string of the molecule is C=C/C(=C(/c1ccccc1)C(C)CC)n1c2ccccc2c2ccc(N(c3ccccc3)c3cccc4c5ccccc5c5ccccc5c34)cc21. The fourth-order valence-electron chi connectivity index (χ4n) is 8.31. The normalized spacial score (nSPS) is 12.8. The Labute approximate surface area is 305 Å². The summed E-state index contributed by atoms with van der Waals surface area (Å²) in [5.74, 6) is 0.328. The second-order valence-corrected chi connectivity index (χ2v) is 13.7. The molecule has 2 heteroatoms. The minimum atomic E-state index is 0.328. The number of para-hydroxylation sites is 2. The molecule has 0 aliphatic heterocycles. The highest BCUT2D eigenvalue weighted by Gasteiger charge is 2.23. The molecule has 1 heterocycles. The molecule has 1 aromatic heterocycles. The molecule has 0 N–H and O–H groups in total. The van der Waals surface area contributed by atoms with Crippen LogP contribution in [0.15, 0.2) is 183 Å². The first kappa shape index (κ1) is 31.6. The van der Waals surface area contributed by atoms with Crippen molar-refractivity contribution in [2.45, 2.75) is 20.3 Å². The quantitative estimate of drug-likeness (QED) is 0.116. The van der Waals surface area contributed by atoms with E-state index in [9.17, 15) is 0 Å². The summed E-state index contributed by atoms with van der Waals surface area (Å²) >= 11 is 0. The molecular formula is C50H40N2. The lowest BCUT2D eigenvalue weighted by Crippen LogP contribution is -2.11. The van der Waals surface area contributed by atoms with E-state index in [1.165, 1.54) is 59.7 Å². The number of nitrogens with zero attached hydrogens (tertiary/aromatic N) is 2. The Bertz CT molecular complexity index is 2760. The fraction of sp³-hybridized carbons (Fsp3) is 0.0800. The number of aromatic nitrogens is 1. The molecule has 0 aliphatic rings. The van der Waals surface area contributed by atoms with Crippen molar-refractivity contribution in [3.05, 3.63) is 188 Å². The number of hydrogen-bond donors (Lipinski definition) is 0. The third-order valence-corrected chi connectivity index (χ3v) is 10.8. The molecule has 0 bridgehead atoms. The monoisotopic (exact) mass is 668 g/mol. The molecule has 250 valence electrons. The van der Waals surface area contributed by atoms with Crippen molar-refractivity contribution in [2.24, 2.45) is 5.92 Å². The van der Waals surface area contributed by atoms with Crippen molar-refractivity contribution in [1.29, 1.82) is 0 Å². The molecule has 52 heavy (non-hydrogen) atoms. The van der Waals surface area contributed by atoms with Crippen molar-refractivity contribution in [2.75, 3.05) is 4.90 Å². The van der Waals surface area contributed by atoms with Crippen LogP contribution in [0, 0.1) is 5.92 Å². The van der Waals surface area contributed by atoms with E-state index in [0.717, 1.165) is 34.7 Å². The summed E-state index contributed by atoms with van der Waals surface area (Å²) in [6.07, 6.45) is 3.08. The molecule has 0 saturated carbocycles. The molecule has 8 aromatic carbocycles. The zero-order valence-corrected chi connectivity index (χ0v) is 29.6. The zero-order chi connectivity index (χ0) is 35.2. The third kappa shape index (κ3) is 5.02. The van der Waals surface area contributed by atoms with Crippen molar-refractivity contribution in [1.82, 2.24) is 4.57 Å². The smallest absolute Gasteiger partial charge is 0.0562 e. The first-order valence-electron chi connectivity index (χ1n) is 18.3. The summed E-state index contributed by atoms with van der Waals surface area (Å²) in [7, 11) is 0. The lowest BCUT2D eigenvalue weighted by Gasteiger charge is -2.28. The van der Waals surface area contributed by atoms with Crippen LogP contribution in [0.1, 0.15) is 25.8 Å². The van der Waals surface area contributed by atoms with Gasteiger partial charge in [-0.3, -0.25) is 0 Å². The van der Waals surface area contributed by atoms with Crippen LogP contribution in [-0.2, 0) is 0 Å². The Morgan fingerprint density at radius 1 is 0.558 bits per heavy atom. The lowest BCUT2D eigenvalue weighted by molar-refractivity contribution is 0.717. The minimum Gasteiger partial charge on any atom is -0.310 e. The summed E-state index contributed by atoms with van der Waals surface area (Å²) in [5.41, 5.74) is 9.35. The van der Waals surface area contributed by atoms with Crippen molar-refractivity contribution < 1.29 is 0 Å². The van der Waals surface area contributed by atoms with Crippen LogP contribution in [0.5, 0.6) is 0 Å². The molecule has 0 spiro atoms. The molecular weight excluding hydrogens is 629 g/mol. The fourth-order valence-corrected chi connectivity index (χ4v) is 8.31. The Morgan fingerprint density at radius 2 is 1.10 bits per heavy atom. The highest BCUT2D eigenvalue weighted by molar-refractivity contribution is 6.29. The average molecular weight is 669 g/mol. The van der Waals surface area contributed by atoms with Crippen LogP contribution in [0.4, 0.5) is 17.1 Å². The minimum absolute atomic E-state index is 0.328. The highest BCUT2D eigenvalue weighted by Crippen LogP contribution is 2.46. The molecule has 9 aromatic rings. The third-order valence-electron chi connectivity index (χ3n) is 10.8. The molecule has 0 radical (unpaired) electrons. The maximum Gasteiger partial charge on any atom is 0.0562 e. The van der Waals surface area contributed by atoms with Crippen LogP contribution in [0.3, 0.4) is 0 Å². The molecule has 1 unspecified atom stereocenters. The summed E-state index contributed by atoms with van der Waals surface area (Å²) in [5, 5.41) is 10.0. The number of anilines is 3. The van der Waals surface area contributed by atoms with Gasteiger partial charge in [0.05, 0.1) is 16.7 Å². The molecule has 0 saturated heterocycles. The van der Waals surface area contributed by atoms with Crippen molar-refractivity contribution >= 4 is 82.5 Å². The zero-order valence-electron chi connectivity index (χ0n) is 29.6. The van der Waals surface area contributed by atoms with Gasteiger partial charge in [0.25, 0.3) is 0 Å². The predicted octanol–water partition coefficient (Wildman–Crippen LogP) is 14.3. The summed E-state index contributed by atoms with van der Waals surface area (Å²) in [4.78, 5) is 2.44. The van der Waals surface area contributed by atoms with Crippen LogP contribution < -0.4 is 4.90 Å². The summed E-state index contributed by atoms with van der Waals surface area (Å²) in [6, 6.07) is 61.8. The molecule has 9 rings (SSSR count). The largest absolute Gasteiger partial charge is 0.310 e. The predicted molar refractivity (Wildman–Crippen MR) is 226 cm³/mol. The van der Waals surface area contributed by atoms with Gasteiger partial charge in [-0.2, -0.15) is 0 Å². The van der Waals surface area contributed by atoms with E-state index in [2.05, 4.69) is 206 Å². The van der Waals surface area contributed by atoms with Crippen LogP contribution in [0.2, 0.25) is 0 Å². The van der Waals surface area contributed by atoms with Gasteiger partial charge in [0.1, 0.15) is 0 Å². The maximum atomic E-state index is 4.45. The van der Waals surface area contributed by atoms with Gasteiger partial charge in [-0.1, -0.05) is 154 Å². The molecule has 0 amide bonds. The maximum absolute atomic E-state index is 4.45. The number of fused-ring (bicyclic) bond motifs is 9. The van der Waals surface area contributed by atoms with E-state index in [-0.39, 0.29) is 0 Å². The number of allylic oxidation sites excluding steroid dienone is 3. The average Bonchev–Trinajstić information content (AvgIpc) is 3.54. The Hall–Kier alpha value is -6.38. The second-order valence-electron chi connectivity index (χ2n) is 13.7. The molecule has 2 nitrogen and oxygen atoms in total. The summed E-state index contributed by atoms with van der Waals surface area (Å²) < 4.78 is 2.45. The molecule has 1 atom stereocenters. The van der Waals surface area contributed by atoms with Gasteiger partial charge in [0, 0.05) is 33.2 Å². The van der Waals surface area contributed by atoms with Crippen LogP contribution >= 0.6 is 0 Å². The van der Waals surface area contributed by atoms with Gasteiger partial charge in [0.15, 0.2) is 0 Å². The van der Waals surface area contributed by atoms with Crippen LogP contribution in [-0.4, -0.2) is 4.57 Å². The van der Waals surface area contributed by atoms with Crippen molar-refractivity contribution in [3.8, 4) is 0 Å². The van der Waals surface area contributed by atoms with E-state index in [1.54, 1.807) is 0 Å².